The molecule has 4 heteroatoms. The van der Waals surface area contributed by atoms with Crippen LogP contribution in [-0.2, 0) is 4.79 Å². The smallest absolute Gasteiger partial charge is 0.241 e. The van der Waals surface area contributed by atoms with Gasteiger partial charge in [-0.3, -0.25) is 10.1 Å². The highest BCUT2D eigenvalue weighted by molar-refractivity contribution is 6.30. The van der Waals surface area contributed by atoms with Crippen LogP contribution in [0.3, 0.4) is 0 Å². The van der Waals surface area contributed by atoms with Crippen LogP contribution in [-0.4, -0.2) is 22.9 Å². The summed E-state index contributed by atoms with van der Waals surface area (Å²) in [4.78, 5) is 14.4. The second kappa shape index (κ2) is 6.15. The highest BCUT2D eigenvalue weighted by atomic mass is 35.5. The zero-order valence-corrected chi connectivity index (χ0v) is 13.3. The van der Waals surface area contributed by atoms with E-state index in [4.69, 9.17) is 11.6 Å². The molecular weight excluding hydrogens is 272 g/mol. The molecule has 1 fully saturated rings. The minimum absolute atomic E-state index is 0.0523. The van der Waals surface area contributed by atoms with Gasteiger partial charge in [0, 0.05) is 11.1 Å². The van der Waals surface area contributed by atoms with Crippen molar-refractivity contribution in [1.82, 2.24) is 10.2 Å². The standard InChI is InChI=1S/C16H23ClN2O/c1-10(2)9-11(3)19-15(18-12(4)16(19)20)13-5-7-14(17)8-6-13/h5-8,10-12,15,18H,9H2,1-4H3. The van der Waals surface area contributed by atoms with E-state index in [0.29, 0.717) is 10.9 Å². The van der Waals surface area contributed by atoms with Crippen molar-refractivity contribution in [1.29, 1.82) is 0 Å². The summed E-state index contributed by atoms with van der Waals surface area (Å²) >= 11 is 5.94. The van der Waals surface area contributed by atoms with Crippen LogP contribution in [0.5, 0.6) is 0 Å². The summed E-state index contributed by atoms with van der Waals surface area (Å²) in [6, 6.07) is 7.81. The molecule has 1 aromatic carbocycles. The first kappa shape index (κ1) is 15.3. The maximum atomic E-state index is 12.4. The lowest BCUT2D eigenvalue weighted by atomic mass is 10.0. The largest absolute Gasteiger partial charge is 0.319 e. The molecular formula is C16H23ClN2O. The Morgan fingerprint density at radius 1 is 1.25 bits per heavy atom. The predicted octanol–water partition coefficient (Wildman–Crippen LogP) is 3.59. The Bertz CT molecular complexity index is 472. The van der Waals surface area contributed by atoms with Crippen molar-refractivity contribution in [2.24, 2.45) is 5.92 Å². The number of halogens is 1. The Labute approximate surface area is 126 Å². The number of hydrogen-bond acceptors (Lipinski definition) is 2. The second-order valence-electron chi connectivity index (χ2n) is 6.07. The van der Waals surface area contributed by atoms with Crippen molar-refractivity contribution in [2.75, 3.05) is 0 Å². The molecule has 1 saturated heterocycles. The average molecular weight is 295 g/mol. The van der Waals surface area contributed by atoms with Crippen LogP contribution in [0.15, 0.2) is 24.3 Å². The normalized spacial score (nSPS) is 24.5. The molecule has 3 atom stereocenters. The number of rotatable bonds is 4. The predicted molar refractivity (Wildman–Crippen MR) is 82.6 cm³/mol. The Hall–Kier alpha value is -1.06. The van der Waals surface area contributed by atoms with Gasteiger partial charge in [0.1, 0.15) is 6.17 Å². The summed E-state index contributed by atoms with van der Waals surface area (Å²) < 4.78 is 0. The van der Waals surface area contributed by atoms with Crippen molar-refractivity contribution in [2.45, 2.75) is 52.4 Å². The highest BCUT2D eigenvalue weighted by Crippen LogP contribution is 2.30. The first-order valence-electron chi connectivity index (χ1n) is 7.24. The van der Waals surface area contributed by atoms with Gasteiger partial charge in [-0.15, -0.1) is 0 Å². The van der Waals surface area contributed by atoms with Crippen molar-refractivity contribution < 1.29 is 4.79 Å². The fourth-order valence-electron chi connectivity index (χ4n) is 2.91. The van der Waals surface area contributed by atoms with Gasteiger partial charge in [0.15, 0.2) is 0 Å². The van der Waals surface area contributed by atoms with Gasteiger partial charge in [0.2, 0.25) is 5.91 Å². The summed E-state index contributed by atoms with van der Waals surface area (Å²) in [6.45, 7) is 8.42. The number of carbonyl (C=O) groups excluding carboxylic acids is 1. The minimum atomic E-state index is -0.134. The molecule has 0 aliphatic carbocycles. The highest BCUT2D eigenvalue weighted by Gasteiger charge is 2.39. The van der Waals surface area contributed by atoms with E-state index in [1.54, 1.807) is 0 Å². The first-order valence-corrected chi connectivity index (χ1v) is 7.61. The third-order valence-electron chi connectivity index (χ3n) is 3.78. The summed E-state index contributed by atoms with van der Waals surface area (Å²) in [5, 5.41) is 4.09. The van der Waals surface area contributed by atoms with E-state index in [1.807, 2.05) is 36.1 Å². The van der Waals surface area contributed by atoms with Crippen LogP contribution in [0, 0.1) is 5.92 Å². The maximum Gasteiger partial charge on any atom is 0.241 e. The van der Waals surface area contributed by atoms with Crippen molar-refractivity contribution >= 4 is 17.5 Å². The van der Waals surface area contributed by atoms with Crippen LogP contribution in [0.2, 0.25) is 5.02 Å². The monoisotopic (exact) mass is 294 g/mol. The SMILES string of the molecule is CC(C)CC(C)N1C(=O)C(C)NC1c1ccc(Cl)cc1. The lowest BCUT2D eigenvalue weighted by molar-refractivity contribution is -0.132. The fourth-order valence-corrected chi connectivity index (χ4v) is 3.03. The third kappa shape index (κ3) is 3.15. The minimum Gasteiger partial charge on any atom is -0.319 e. The summed E-state index contributed by atoms with van der Waals surface area (Å²) in [5.74, 6) is 0.748. The molecule has 1 N–H and O–H groups in total. The zero-order chi connectivity index (χ0) is 14.9. The Morgan fingerprint density at radius 2 is 1.85 bits per heavy atom. The van der Waals surface area contributed by atoms with Gasteiger partial charge in [-0.05, 0) is 43.9 Å². The van der Waals surface area contributed by atoms with Crippen LogP contribution in [0.4, 0.5) is 0 Å². The molecule has 1 aliphatic rings. The average Bonchev–Trinajstić information content (AvgIpc) is 2.66. The van der Waals surface area contributed by atoms with E-state index < -0.39 is 0 Å². The molecule has 0 bridgehead atoms. The summed E-state index contributed by atoms with van der Waals surface area (Å²) in [7, 11) is 0. The number of benzene rings is 1. The van der Waals surface area contributed by atoms with Gasteiger partial charge in [-0.2, -0.15) is 0 Å². The topological polar surface area (TPSA) is 32.3 Å². The molecule has 0 spiro atoms. The number of nitrogens with zero attached hydrogens (tertiary/aromatic N) is 1. The molecule has 3 nitrogen and oxygen atoms in total. The van der Waals surface area contributed by atoms with Crippen LogP contribution in [0.25, 0.3) is 0 Å². The number of carbonyl (C=O) groups is 1. The Balaban J connectivity index is 2.25. The number of amides is 1. The van der Waals surface area contributed by atoms with Crippen LogP contribution < -0.4 is 5.32 Å². The molecule has 0 radical (unpaired) electrons. The van der Waals surface area contributed by atoms with E-state index in [2.05, 4.69) is 26.1 Å². The fraction of sp³-hybridized carbons (Fsp3) is 0.562. The van der Waals surface area contributed by atoms with Gasteiger partial charge in [0.25, 0.3) is 0 Å². The third-order valence-corrected chi connectivity index (χ3v) is 4.04. The molecule has 1 amide bonds. The lowest BCUT2D eigenvalue weighted by Gasteiger charge is -2.31. The second-order valence-corrected chi connectivity index (χ2v) is 6.50. The van der Waals surface area contributed by atoms with E-state index in [1.165, 1.54) is 0 Å². The van der Waals surface area contributed by atoms with Gasteiger partial charge in [-0.25, -0.2) is 0 Å². The zero-order valence-electron chi connectivity index (χ0n) is 12.6. The van der Waals surface area contributed by atoms with Crippen LogP contribution >= 0.6 is 11.6 Å². The van der Waals surface area contributed by atoms with Crippen molar-refractivity contribution in [3.05, 3.63) is 34.9 Å². The molecule has 0 saturated carbocycles. The van der Waals surface area contributed by atoms with E-state index in [9.17, 15) is 4.79 Å². The van der Waals surface area contributed by atoms with Gasteiger partial charge >= 0.3 is 0 Å². The van der Waals surface area contributed by atoms with E-state index in [-0.39, 0.29) is 24.2 Å². The first-order chi connectivity index (χ1) is 9.40. The molecule has 3 unspecified atom stereocenters. The maximum absolute atomic E-state index is 12.4. The lowest BCUT2D eigenvalue weighted by Crippen LogP contribution is -2.39. The number of nitrogens with one attached hydrogen (secondary N) is 1. The Kier molecular flexibility index (Phi) is 4.71. The number of hydrogen-bond donors (Lipinski definition) is 1. The quantitative estimate of drug-likeness (QED) is 0.920. The molecule has 1 heterocycles. The van der Waals surface area contributed by atoms with Gasteiger partial charge < -0.3 is 4.90 Å². The molecule has 1 aliphatic heterocycles. The van der Waals surface area contributed by atoms with Gasteiger partial charge in [0.05, 0.1) is 6.04 Å². The molecule has 2 rings (SSSR count). The molecule has 0 aromatic heterocycles. The molecule has 20 heavy (non-hydrogen) atoms. The molecule has 1 aromatic rings. The summed E-state index contributed by atoms with van der Waals surface area (Å²) in [5.41, 5.74) is 1.09. The van der Waals surface area contributed by atoms with Crippen molar-refractivity contribution in [3.8, 4) is 0 Å². The van der Waals surface area contributed by atoms with Crippen molar-refractivity contribution in [3.63, 3.8) is 0 Å². The van der Waals surface area contributed by atoms with E-state index >= 15 is 0 Å². The van der Waals surface area contributed by atoms with Gasteiger partial charge in [-0.1, -0.05) is 37.6 Å². The molecule has 110 valence electrons. The van der Waals surface area contributed by atoms with Crippen LogP contribution in [0.1, 0.15) is 45.8 Å². The Morgan fingerprint density at radius 3 is 2.40 bits per heavy atom. The summed E-state index contributed by atoms with van der Waals surface area (Å²) in [6.07, 6.45) is 0.952. The van der Waals surface area contributed by atoms with E-state index in [0.717, 1.165) is 12.0 Å².